The van der Waals surface area contributed by atoms with Crippen molar-refractivity contribution in [3.8, 4) is 5.75 Å². The van der Waals surface area contributed by atoms with Gasteiger partial charge in [0.1, 0.15) is 5.75 Å². The predicted octanol–water partition coefficient (Wildman–Crippen LogP) is 4.22. The van der Waals surface area contributed by atoms with Crippen LogP contribution in [0, 0.1) is 11.3 Å². The largest absolute Gasteiger partial charge is 0.497 e. The molecule has 2 nitrogen and oxygen atoms in total. The molecule has 22 heavy (non-hydrogen) atoms. The number of rotatable bonds is 2. The summed E-state index contributed by atoms with van der Waals surface area (Å²) in [5.74, 6) is 2.27. The third-order valence-electron chi connectivity index (χ3n) is 6.67. The van der Waals surface area contributed by atoms with Crippen LogP contribution < -0.4 is 4.74 Å². The minimum Gasteiger partial charge on any atom is -0.497 e. The molecule has 0 heterocycles. The summed E-state index contributed by atoms with van der Waals surface area (Å²) in [6.07, 6.45) is 8.90. The fourth-order valence-corrected chi connectivity index (χ4v) is 5.47. The van der Waals surface area contributed by atoms with Gasteiger partial charge in [0.25, 0.3) is 0 Å². The van der Waals surface area contributed by atoms with Crippen LogP contribution in [0.3, 0.4) is 0 Å². The molecule has 4 rings (SSSR count). The third kappa shape index (κ3) is 1.83. The molecule has 118 valence electrons. The smallest absolute Gasteiger partial charge is 0.119 e. The van der Waals surface area contributed by atoms with Gasteiger partial charge in [-0.3, -0.25) is 0 Å². The Bertz CT molecular complexity index is 618. The van der Waals surface area contributed by atoms with E-state index in [2.05, 4.69) is 31.2 Å². The zero-order chi connectivity index (χ0) is 15.3. The zero-order valence-corrected chi connectivity index (χ0v) is 13.6. The third-order valence-corrected chi connectivity index (χ3v) is 6.67. The van der Waals surface area contributed by atoms with Crippen molar-refractivity contribution in [1.82, 2.24) is 0 Å². The molecule has 0 spiro atoms. The van der Waals surface area contributed by atoms with Crippen molar-refractivity contribution in [2.75, 3.05) is 7.11 Å². The summed E-state index contributed by atoms with van der Waals surface area (Å²) >= 11 is 0. The number of hydrogen-bond donors (Lipinski definition) is 1. The van der Waals surface area contributed by atoms with E-state index in [1.165, 1.54) is 24.0 Å². The van der Waals surface area contributed by atoms with E-state index in [4.69, 9.17) is 4.74 Å². The molecule has 0 aliphatic heterocycles. The van der Waals surface area contributed by atoms with Gasteiger partial charge in [0, 0.05) is 5.41 Å². The molecule has 0 saturated heterocycles. The topological polar surface area (TPSA) is 29.5 Å². The SMILES string of the molecule is CC[C@]12CC[C@@H]3c4ccc(OC)cc4CC[C@H]3C1=CC[C@@H]2O. The lowest BCUT2D eigenvalue weighted by molar-refractivity contribution is 0.0311. The Balaban J connectivity index is 1.72. The van der Waals surface area contributed by atoms with Crippen molar-refractivity contribution in [2.45, 2.75) is 57.5 Å². The molecule has 1 fully saturated rings. The summed E-state index contributed by atoms with van der Waals surface area (Å²) in [6, 6.07) is 6.63. The van der Waals surface area contributed by atoms with Crippen LogP contribution in [0.1, 0.15) is 56.1 Å². The molecular weight excluding hydrogens is 272 g/mol. The second kappa shape index (κ2) is 5.13. The van der Waals surface area contributed by atoms with Gasteiger partial charge in [0.15, 0.2) is 0 Å². The molecule has 1 saturated carbocycles. The maximum absolute atomic E-state index is 10.6. The van der Waals surface area contributed by atoms with Gasteiger partial charge < -0.3 is 9.84 Å². The molecule has 0 amide bonds. The summed E-state index contributed by atoms with van der Waals surface area (Å²) in [5.41, 5.74) is 4.68. The van der Waals surface area contributed by atoms with Gasteiger partial charge in [0.2, 0.25) is 0 Å². The number of aryl methyl sites for hydroxylation is 1. The van der Waals surface area contributed by atoms with Gasteiger partial charge in [-0.1, -0.05) is 24.6 Å². The first-order valence-corrected chi connectivity index (χ1v) is 8.75. The van der Waals surface area contributed by atoms with Gasteiger partial charge in [-0.25, -0.2) is 0 Å². The quantitative estimate of drug-likeness (QED) is 0.828. The van der Waals surface area contributed by atoms with E-state index in [9.17, 15) is 5.11 Å². The van der Waals surface area contributed by atoms with E-state index in [0.717, 1.165) is 31.4 Å². The van der Waals surface area contributed by atoms with E-state index in [0.29, 0.717) is 11.8 Å². The molecule has 1 aromatic rings. The Morgan fingerprint density at radius 3 is 2.91 bits per heavy atom. The van der Waals surface area contributed by atoms with Crippen LogP contribution >= 0.6 is 0 Å². The Hall–Kier alpha value is -1.28. The van der Waals surface area contributed by atoms with Crippen molar-refractivity contribution < 1.29 is 9.84 Å². The lowest BCUT2D eigenvalue weighted by atomic mass is 9.56. The first kappa shape index (κ1) is 14.3. The average Bonchev–Trinajstić information content (AvgIpc) is 2.91. The highest BCUT2D eigenvalue weighted by molar-refractivity contribution is 5.44. The number of benzene rings is 1. The number of aliphatic hydroxyl groups excluding tert-OH is 1. The Morgan fingerprint density at radius 1 is 1.27 bits per heavy atom. The fourth-order valence-electron chi connectivity index (χ4n) is 5.47. The van der Waals surface area contributed by atoms with E-state index in [1.807, 2.05) is 0 Å². The normalized spacial score (nSPS) is 36.1. The van der Waals surface area contributed by atoms with Crippen LogP contribution in [0.4, 0.5) is 0 Å². The summed E-state index contributed by atoms with van der Waals surface area (Å²) in [5, 5.41) is 10.6. The van der Waals surface area contributed by atoms with E-state index in [-0.39, 0.29) is 11.5 Å². The first-order chi connectivity index (χ1) is 10.7. The van der Waals surface area contributed by atoms with E-state index >= 15 is 0 Å². The van der Waals surface area contributed by atoms with Crippen LogP contribution in [0.5, 0.6) is 5.75 Å². The minimum atomic E-state index is -0.147. The molecule has 0 aromatic heterocycles. The lowest BCUT2D eigenvalue weighted by Crippen LogP contribution is -2.41. The fraction of sp³-hybridized carbons (Fsp3) is 0.600. The van der Waals surface area contributed by atoms with Crippen LogP contribution in [0.2, 0.25) is 0 Å². The highest BCUT2D eigenvalue weighted by Gasteiger charge is 2.51. The first-order valence-electron chi connectivity index (χ1n) is 8.75. The van der Waals surface area contributed by atoms with Crippen LogP contribution in [0.25, 0.3) is 0 Å². The molecule has 4 atom stereocenters. The van der Waals surface area contributed by atoms with Crippen molar-refractivity contribution in [1.29, 1.82) is 0 Å². The molecule has 1 aromatic carbocycles. The zero-order valence-electron chi connectivity index (χ0n) is 13.6. The molecule has 1 N–H and O–H groups in total. The van der Waals surface area contributed by atoms with E-state index < -0.39 is 0 Å². The molecule has 3 aliphatic carbocycles. The maximum Gasteiger partial charge on any atom is 0.119 e. The van der Waals surface area contributed by atoms with Gasteiger partial charge in [-0.05, 0) is 73.6 Å². The Morgan fingerprint density at radius 2 is 2.14 bits per heavy atom. The number of methoxy groups -OCH3 is 1. The number of ether oxygens (including phenoxy) is 1. The Kier molecular flexibility index (Phi) is 3.34. The summed E-state index contributed by atoms with van der Waals surface area (Å²) in [6.45, 7) is 2.25. The van der Waals surface area contributed by atoms with Crippen molar-refractivity contribution in [3.05, 3.63) is 41.0 Å². The molecule has 0 bridgehead atoms. The molecular formula is C20H26O2. The van der Waals surface area contributed by atoms with Gasteiger partial charge >= 0.3 is 0 Å². The van der Waals surface area contributed by atoms with Crippen molar-refractivity contribution in [2.24, 2.45) is 11.3 Å². The van der Waals surface area contributed by atoms with Crippen LogP contribution in [0.15, 0.2) is 29.8 Å². The highest BCUT2D eigenvalue weighted by atomic mass is 16.5. The number of aliphatic hydroxyl groups is 1. The lowest BCUT2D eigenvalue weighted by Gasteiger charge is -2.48. The molecule has 3 aliphatic rings. The van der Waals surface area contributed by atoms with Gasteiger partial charge in [-0.15, -0.1) is 0 Å². The minimum absolute atomic E-state index is 0.0884. The van der Waals surface area contributed by atoms with Crippen molar-refractivity contribution >= 4 is 0 Å². The van der Waals surface area contributed by atoms with Crippen LogP contribution in [-0.2, 0) is 6.42 Å². The highest BCUT2D eigenvalue weighted by Crippen LogP contribution is 2.60. The maximum atomic E-state index is 10.6. The van der Waals surface area contributed by atoms with Crippen LogP contribution in [-0.4, -0.2) is 18.3 Å². The number of fused-ring (bicyclic) bond motifs is 5. The molecule has 2 heteroatoms. The average molecular weight is 298 g/mol. The van der Waals surface area contributed by atoms with E-state index in [1.54, 1.807) is 12.7 Å². The summed E-state index contributed by atoms with van der Waals surface area (Å²) < 4.78 is 5.39. The standard InChI is InChI=1S/C20H26O2/c1-3-20-11-10-16-15-7-5-14(22-2)12-13(15)4-6-17(16)18(20)8-9-19(20)21/h5,7-8,12,16-17,19,21H,3-4,6,9-11H2,1-2H3/t16-,17-,19+,20+/m1/s1. The predicted molar refractivity (Wildman–Crippen MR) is 88.2 cm³/mol. The second-order valence-electron chi connectivity index (χ2n) is 7.28. The molecule has 0 unspecified atom stereocenters. The number of hydrogen-bond acceptors (Lipinski definition) is 2. The molecule has 0 radical (unpaired) electrons. The van der Waals surface area contributed by atoms with Gasteiger partial charge in [-0.2, -0.15) is 0 Å². The van der Waals surface area contributed by atoms with Gasteiger partial charge in [0.05, 0.1) is 13.2 Å². The second-order valence-corrected chi connectivity index (χ2v) is 7.28. The Labute approximate surface area is 133 Å². The summed E-state index contributed by atoms with van der Waals surface area (Å²) in [7, 11) is 1.74. The summed E-state index contributed by atoms with van der Waals surface area (Å²) in [4.78, 5) is 0. The van der Waals surface area contributed by atoms with Crippen molar-refractivity contribution in [3.63, 3.8) is 0 Å². The monoisotopic (exact) mass is 298 g/mol.